The molecule has 2 N–H and O–H groups in total. The largest absolute Gasteiger partial charge is 0.385 e. The summed E-state index contributed by atoms with van der Waals surface area (Å²) in [6.07, 6.45) is 9.46. The molecular formula is C15H27N3O2. The van der Waals surface area contributed by atoms with E-state index in [0.29, 0.717) is 19.1 Å². The van der Waals surface area contributed by atoms with Gasteiger partial charge in [-0.3, -0.25) is 9.69 Å². The van der Waals surface area contributed by atoms with Crippen LogP contribution in [-0.4, -0.2) is 43.1 Å². The van der Waals surface area contributed by atoms with Crippen molar-refractivity contribution < 1.29 is 9.53 Å². The summed E-state index contributed by atoms with van der Waals surface area (Å²) < 4.78 is 5.01. The van der Waals surface area contributed by atoms with Crippen molar-refractivity contribution in [3.63, 3.8) is 0 Å². The second-order valence-electron chi connectivity index (χ2n) is 5.92. The lowest BCUT2D eigenvalue weighted by Gasteiger charge is -2.22. The Balaban J connectivity index is 1.76. The molecule has 0 radical (unpaired) electrons. The molecule has 5 heteroatoms. The van der Waals surface area contributed by atoms with Crippen LogP contribution >= 0.6 is 0 Å². The van der Waals surface area contributed by atoms with E-state index in [1.165, 1.54) is 32.1 Å². The molecule has 0 saturated heterocycles. The molecule has 0 spiro atoms. The van der Waals surface area contributed by atoms with Crippen molar-refractivity contribution >= 4 is 11.9 Å². The first-order valence-electron chi connectivity index (χ1n) is 7.86. The number of nitrogens with zero attached hydrogens (tertiary/aromatic N) is 2. The normalized spacial score (nSPS) is 24.2. The molecule has 1 saturated carbocycles. The lowest BCUT2D eigenvalue weighted by Crippen LogP contribution is -2.40. The van der Waals surface area contributed by atoms with Crippen LogP contribution in [-0.2, 0) is 9.53 Å². The molecule has 2 rings (SSSR count). The van der Waals surface area contributed by atoms with Gasteiger partial charge in [0.1, 0.15) is 6.04 Å². The van der Waals surface area contributed by atoms with E-state index < -0.39 is 0 Å². The molecule has 20 heavy (non-hydrogen) atoms. The number of methoxy groups -OCH3 is 1. The van der Waals surface area contributed by atoms with Gasteiger partial charge in [0.05, 0.1) is 0 Å². The molecule has 5 nitrogen and oxygen atoms in total. The van der Waals surface area contributed by atoms with Gasteiger partial charge in [0.25, 0.3) is 5.91 Å². The summed E-state index contributed by atoms with van der Waals surface area (Å²) in [5.74, 6) is 1.25. The standard InChI is InChI=1S/C15H27N3O2/c1-20-11-5-10-18-14(19)13(17-15(18)16)9-8-12-6-3-2-4-7-12/h12-13H,2-11H2,1H3,(H2,16,17). The van der Waals surface area contributed by atoms with Gasteiger partial charge in [-0.15, -0.1) is 0 Å². The van der Waals surface area contributed by atoms with Crippen LogP contribution in [0.1, 0.15) is 51.4 Å². The quantitative estimate of drug-likeness (QED) is 0.725. The van der Waals surface area contributed by atoms with Gasteiger partial charge in [-0.1, -0.05) is 32.1 Å². The first-order valence-corrected chi connectivity index (χ1v) is 7.86. The zero-order valence-corrected chi connectivity index (χ0v) is 12.5. The number of aliphatic imine (C=N–C) groups is 1. The molecular weight excluding hydrogens is 254 g/mol. The van der Waals surface area contributed by atoms with Gasteiger partial charge >= 0.3 is 0 Å². The van der Waals surface area contributed by atoms with Crippen LogP contribution in [0.4, 0.5) is 0 Å². The summed E-state index contributed by atoms with van der Waals surface area (Å²) in [5.41, 5.74) is 5.87. The third-order valence-electron chi connectivity index (χ3n) is 4.42. The van der Waals surface area contributed by atoms with Crippen molar-refractivity contribution in [3.8, 4) is 0 Å². The predicted octanol–water partition coefficient (Wildman–Crippen LogP) is 1.91. The van der Waals surface area contributed by atoms with Crippen molar-refractivity contribution in [2.24, 2.45) is 16.6 Å². The Hall–Kier alpha value is -1.10. The van der Waals surface area contributed by atoms with Gasteiger partial charge in [-0.25, -0.2) is 4.99 Å². The molecule has 114 valence electrons. The van der Waals surface area contributed by atoms with Crippen LogP contribution in [0.3, 0.4) is 0 Å². The fourth-order valence-electron chi connectivity index (χ4n) is 3.23. The summed E-state index contributed by atoms with van der Waals surface area (Å²) in [4.78, 5) is 18.2. The highest BCUT2D eigenvalue weighted by molar-refractivity contribution is 6.04. The molecule has 1 unspecified atom stereocenters. The monoisotopic (exact) mass is 281 g/mol. The summed E-state index contributed by atoms with van der Waals surface area (Å²) in [5, 5.41) is 0. The van der Waals surface area contributed by atoms with Gasteiger partial charge in [0, 0.05) is 20.3 Å². The minimum atomic E-state index is -0.237. The molecule has 0 aromatic heterocycles. The van der Waals surface area contributed by atoms with Crippen molar-refractivity contribution in [3.05, 3.63) is 0 Å². The molecule has 0 aromatic carbocycles. The Morgan fingerprint density at radius 1 is 1.30 bits per heavy atom. The van der Waals surface area contributed by atoms with Crippen LogP contribution < -0.4 is 5.73 Å². The Bertz CT molecular complexity index is 351. The highest BCUT2D eigenvalue weighted by Gasteiger charge is 2.32. The minimum Gasteiger partial charge on any atom is -0.385 e. The SMILES string of the molecule is COCCCN1C(=O)C(CCC2CCCCC2)N=C1N. The van der Waals surface area contributed by atoms with E-state index in [-0.39, 0.29) is 11.9 Å². The lowest BCUT2D eigenvalue weighted by molar-refractivity contribution is -0.127. The van der Waals surface area contributed by atoms with Crippen LogP contribution in [0.2, 0.25) is 0 Å². The maximum Gasteiger partial charge on any atom is 0.254 e. The molecule has 0 bridgehead atoms. The number of nitrogens with two attached hydrogens (primary N) is 1. The summed E-state index contributed by atoms with van der Waals surface area (Å²) in [7, 11) is 1.66. The molecule has 1 aliphatic carbocycles. The first kappa shape index (κ1) is 15.3. The molecule has 2 aliphatic rings. The van der Waals surface area contributed by atoms with E-state index in [9.17, 15) is 4.79 Å². The van der Waals surface area contributed by atoms with Gasteiger partial charge in [-0.05, 0) is 25.2 Å². The number of carbonyl (C=O) groups is 1. The van der Waals surface area contributed by atoms with Crippen molar-refractivity contribution in [1.82, 2.24) is 4.90 Å². The fourth-order valence-corrected chi connectivity index (χ4v) is 3.23. The molecule has 1 aliphatic heterocycles. The Labute approximate surface area is 121 Å². The minimum absolute atomic E-state index is 0.0782. The third kappa shape index (κ3) is 3.95. The van der Waals surface area contributed by atoms with Gasteiger partial charge in [0.15, 0.2) is 5.96 Å². The van der Waals surface area contributed by atoms with Crippen LogP contribution in [0.15, 0.2) is 4.99 Å². The van der Waals surface area contributed by atoms with E-state index in [4.69, 9.17) is 10.5 Å². The van der Waals surface area contributed by atoms with Crippen molar-refractivity contribution in [1.29, 1.82) is 0 Å². The lowest BCUT2D eigenvalue weighted by atomic mass is 9.85. The molecule has 1 fully saturated rings. The highest BCUT2D eigenvalue weighted by Crippen LogP contribution is 2.29. The van der Waals surface area contributed by atoms with Gasteiger partial charge in [-0.2, -0.15) is 0 Å². The number of ether oxygens (including phenoxy) is 1. The number of amides is 1. The molecule has 1 atom stereocenters. The summed E-state index contributed by atoms with van der Waals surface area (Å²) in [6.45, 7) is 1.26. The number of rotatable bonds is 7. The average molecular weight is 281 g/mol. The Morgan fingerprint density at radius 3 is 2.75 bits per heavy atom. The van der Waals surface area contributed by atoms with E-state index in [1.807, 2.05) is 0 Å². The topological polar surface area (TPSA) is 67.9 Å². The second-order valence-corrected chi connectivity index (χ2v) is 5.92. The molecule has 1 amide bonds. The van der Waals surface area contributed by atoms with E-state index in [0.717, 1.165) is 25.2 Å². The summed E-state index contributed by atoms with van der Waals surface area (Å²) >= 11 is 0. The van der Waals surface area contributed by atoms with Crippen LogP contribution in [0, 0.1) is 5.92 Å². The Kier molecular flexibility index (Phi) is 5.83. The predicted molar refractivity (Wildman–Crippen MR) is 79.4 cm³/mol. The zero-order chi connectivity index (χ0) is 14.4. The van der Waals surface area contributed by atoms with Gasteiger partial charge < -0.3 is 10.5 Å². The number of hydrogen-bond donors (Lipinski definition) is 1. The highest BCUT2D eigenvalue weighted by atomic mass is 16.5. The van der Waals surface area contributed by atoms with Crippen molar-refractivity contribution in [2.75, 3.05) is 20.3 Å². The zero-order valence-electron chi connectivity index (χ0n) is 12.5. The fraction of sp³-hybridized carbons (Fsp3) is 0.867. The Morgan fingerprint density at radius 2 is 2.05 bits per heavy atom. The van der Waals surface area contributed by atoms with E-state index in [2.05, 4.69) is 4.99 Å². The maximum absolute atomic E-state index is 12.3. The number of hydrogen-bond acceptors (Lipinski definition) is 4. The second kappa shape index (κ2) is 7.62. The van der Waals surface area contributed by atoms with Crippen LogP contribution in [0.25, 0.3) is 0 Å². The third-order valence-corrected chi connectivity index (χ3v) is 4.42. The molecule has 1 heterocycles. The van der Waals surface area contributed by atoms with E-state index >= 15 is 0 Å². The maximum atomic E-state index is 12.3. The van der Waals surface area contributed by atoms with Crippen molar-refractivity contribution in [2.45, 2.75) is 57.4 Å². The number of carbonyl (C=O) groups excluding carboxylic acids is 1. The number of guanidine groups is 1. The van der Waals surface area contributed by atoms with Crippen LogP contribution in [0.5, 0.6) is 0 Å². The van der Waals surface area contributed by atoms with Gasteiger partial charge in [0.2, 0.25) is 0 Å². The smallest absolute Gasteiger partial charge is 0.254 e. The first-order chi connectivity index (χ1) is 9.72. The average Bonchev–Trinajstić information content (AvgIpc) is 2.74. The molecule has 0 aromatic rings. The summed E-state index contributed by atoms with van der Waals surface area (Å²) in [6, 6.07) is -0.237. The van der Waals surface area contributed by atoms with E-state index in [1.54, 1.807) is 12.0 Å².